The molecule has 1 fully saturated rings. The third-order valence-corrected chi connectivity index (χ3v) is 5.13. The van der Waals surface area contributed by atoms with Gasteiger partial charge in [-0.1, -0.05) is 12.1 Å². The van der Waals surface area contributed by atoms with Crippen molar-refractivity contribution >= 4 is 11.8 Å². The van der Waals surface area contributed by atoms with Crippen LogP contribution in [0, 0.1) is 5.82 Å². The van der Waals surface area contributed by atoms with Crippen LogP contribution in [0.1, 0.15) is 30.9 Å². The Balaban J connectivity index is 2.04. The molecule has 1 aromatic rings. The summed E-state index contributed by atoms with van der Waals surface area (Å²) in [6.07, 6.45) is 3.10. The zero-order valence-corrected chi connectivity index (χ0v) is 10.2. The van der Waals surface area contributed by atoms with Gasteiger partial charge in [0.2, 0.25) is 0 Å². The second-order valence-corrected chi connectivity index (χ2v) is 6.17. The minimum absolute atomic E-state index is 0.00486. The molecule has 0 aromatic heterocycles. The second kappa shape index (κ2) is 3.74. The Bertz CT molecular complexity index is 420. The summed E-state index contributed by atoms with van der Waals surface area (Å²) in [6.45, 7) is 2.22. The monoisotopic (exact) mass is 237 g/mol. The molecule has 0 saturated carbocycles. The Morgan fingerprint density at radius 1 is 1.50 bits per heavy atom. The molecular weight excluding hydrogens is 221 g/mol. The third-order valence-electron chi connectivity index (χ3n) is 3.66. The van der Waals surface area contributed by atoms with Crippen molar-refractivity contribution in [3.8, 4) is 0 Å². The molecule has 1 aromatic carbocycles. The molecule has 3 rings (SSSR count). The SMILES string of the molecule is CC1CCSC2(CCc3c(F)cccc32)N1. The number of nitrogens with one attached hydrogen (secondary N) is 1. The number of fused-ring (bicyclic) bond motifs is 2. The Morgan fingerprint density at radius 3 is 3.19 bits per heavy atom. The van der Waals surface area contributed by atoms with E-state index in [4.69, 9.17) is 0 Å². The fourth-order valence-corrected chi connectivity index (χ4v) is 4.55. The van der Waals surface area contributed by atoms with Gasteiger partial charge in [0, 0.05) is 6.04 Å². The van der Waals surface area contributed by atoms with Crippen molar-refractivity contribution in [3.05, 3.63) is 35.1 Å². The quantitative estimate of drug-likeness (QED) is 0.744. The second-order valence-electron chi connectivity index (χ2n) is 4.78. The van der Waals surface area contributed by atoms with E-state index in [-0.39, 0.29) is 10.7 Å². The maximum atomic E-state index is 13.7. The fraction of sp³-hybridized carbons (Fsp3) is 0.538. The molecule has 1 N–H and O–H groups in total. The van der Waals surface area contributed by atoms with Gasteiger partial charge in [-0.15, -0.1) is 11.8 Å². The van der Waals surface area contributed by atoms with Crippen molar-refractivity contribution in [2.24, 2.45) is 0 Å². The average Bonchev–Trinajstić information content (AvgIpc) is 2.59. The van der Waals surface area contributed by atoms with Crippen LogP contribution in [0.15, 0.2) is 18.2 Å². The maximum absolute atomic E-state index is 13.7. The molecule has 1 saturated heterocycles. The minimum Gasteiger partial charge on any atom is -0.297 e. The minimum atomic E-state index is -0.0324. The highest BCUT2D eigenvalue weighted by Crippen LogP contribution is 2.48. The summed E-state index contributed by atoms with van der Waals surface area (Å²) in [6, 6.07) is 6.04. The zero-order valence-electron chi connectivity index (χ0n) is 9.42. The van der Waals surface area contributed by atoms with Crippen molar-refractivity contribution < 1.29 is 4.39 Å². The number of thioether (sulfide) groups is 1. The lowest BCUT2D eigenvalue weighted by atomic mass is 10.1. The van der Waals surface area contributed by atoms with Gasteiger partial charge in [0.1, 0.15) is 5.82 Å². The lowest BCUT2D eigenvalue weighted by Crippen LogP contribution is -2.46. The Hall–Kier alpha value is -0.540. The lowest BCUT2D eigenvalue weighted by molar-refractivity contribution is 0.393. The van der Waals surface area contributed by atoms with Gasteiger partial charge in [-0.25, -0.2) is 4.39 Å². The van der Waals surface area contributed by atoms with Gasteiger partial charge in [0.25, 0.3) is 0 Å². The van der Waals surface area contributed by atoms with Gasteiger partial charge in [-0.05, 0) is 49.1 Å². The highest BCUT2D eigenvalue weighted by Gasteiger charge is 2.42. The summed E-state index contributed by atoms with van der Waals surface area (Å²) in [5.41, 5.74) is 2.11. The van der Waals surface area contributed by atoms with Crippen molar-refractivity contribution in [2.75, 3.05) is 5.75 Å². The molecule has 1 aliphatic carbocycles. The molecule has 1 nitrogen and oxygen atoms in total. The van der Waals surface area contributed by atoms with Crippen LogP contribution < -0.4 is 5.32 Å². The highest BCUT2D eigenvalue weighted by molar-refractivity contribution is 8.00. The van der Waals surface area contributed by atoms with Crippen molar-refractivity contribution in [2.45, 2.75) is 37.1 Å². The van der Waals surface area contributed by atoms with Crippen molar-refractivity contribution in [1.29, 1.82) is 0 Å². The Kier molecular flexibility index (Phi) is 2.48. The molecule has 86 valence electrons. The molecule has 3 heteroatoms. The van der Waals surface area contributed by atoms with Crippen molar-refractivity contribution in [1.82, 2.24) is 5.32 Å². The summed E-state index contributed by atoms with van der Waals surface area (Å²) in [5.74, 6) is 1.14. The van der Waals surface area contributed by atoms with E-state index in [2.05, 4.69) is 18.3 Å². The first kappa shape index (κ1) is 10.6. The van der Waals surface area contributed by atoms with Crippen LogP contribution in [-0.4, -0.2) is 11.8 Å². The largest absolute Gasteiger partial charge is 0.297 e. The van der Waals surface area contributed by atoms with E-state index in [1.54, 1.807) is 6.07 Å². The molecular formula is C13H16FNS. The molecule has 1 heterocycles. The van der Waals surface area contributed by atoms with E-state index in [1.807, 2.05) is 17.8 Å². The number of halogens is 1. The first-order valence-corrected chi connectivity index (χ1v) is 6.89. The topological polar surface area (TPSA) is 12.0 Å². The average molecular weight is 237 g/mol. The number of hydrogen-bond acceptors (Lipinski definition) is 2. The molecule has 0 bridgehead atoms. The van der Waals surface area contributed by atoms with Gasteiger partial charge in [-0.3, -0.25) is 5.32 Å². The molecule has 2 atom stereocenters. The van der Waals surface area contributed by atoms with Crippen LogP contribution in [0.4, 0.5) is 4.39 Å². The van der Waals surface area contributed by atoms with E-state index in [9.17, 15) is 4.39 Å². The van der Waals surface area contributed by atoms with Crippen LogP contribution in [-0.2, 0) is 11.3 Å². The third kappa shape index (κ3) is 1.49. The number of benzene rings is 1. The van der Waals surface area contributed by atoms with Crippen LogP contribution >= 0.6 is 11.8 Å². The van der Waals surface area contributed by atoms with E-state index in [1.165, 1.54) is 17.7 Å². The predicted octanol–water partition coefficient (Wildman–Crippen LogP) is 3.04. The Labute approximate surface area is 99.8 Å². The summed E-state index contributed by atoms with van der Waals surface area (Å²) in [5, 5.41) is 3.67. The summed E-state index contributed by atoms with van der Waals surface area (Å²) in [4.78, 5) is -0.00486. The summed E-state index contributed by atoms with van der Waals surface area (Å²) < 4.78 is 13.7. The Morgan fingerprint density at radius 2 is 2.38 bits per heavy atom. The van der Waals surface area contributed by atoms with E-state index >= 15 is 0 Å². The maximum Gasteiger partial charge on any atom is 0.126 e. The number of rotatable bonds is 0. The standard InChI is InChI=1S/C13H16FNS/c1-9-6-8-16-13(15-9)7-5-10-11(13)3-2-4-12(10)14/h2-4,9,15H,5-8H2,1H3. The van der Waals surface area contributed by atoms with Gasteiger partial charge in [-0.2, -0.15) is 0 Å². The molecule has 1 aliphatic heterocycles. The van der Waals surface area contributed by atoms with Gasteiger partial charge in [0.15, 0.2) is 0 Å². The molecule has 1 spiro atoms. The van der Waals surface area contributed by atoms with Gasteiger partial charge < -0.3 is 0 Å². The smallest absolute Gasteiger partial charge is 0.126 e. The molecule has 2 unspecified atom stereocenters. The molecule has 16 heavy (non-hydrogen) atoms. The molecule has 2 aliphatic rings. The van der Waals surface area contributed by atoms with Crippen LogP contribution in [0.25, 0.3) is 0 Å². The zero-order chi connectivity index (χ0) is 11.2. The molecule has 0 amide bonds. The van der Waals surface area contributed by atoms with E-state index in [0.29, 0.717) is 6.04 Å². The first-order chi connectivity index (χ1) is 7.71. The predicted molar refractivity (Wildman–Crippen MR) is 66.1 cm³/mol. The normalized spacial score (nSPS) is 33.0. The highest BCUT2D eigenvalue weighted by atomic mass is 32.2. The first-order valence-electron chi connectivity index (χ1n) is 5.91. The van der Waals surface area contributed by atoms with Gasteiger partial charge in [0.05, 0.1) is 4.87 Å². The van der Waals surface area contributed by atoms with E-state index in [0.717, 1.165) is 18.4 Å². The summed E-state index contributed by atoms with van der Waals surface area (Å²) in [7, 11) is 0. The van der Waals surface area contributed by atoms with Crippen LogP contribution in [0.5, 0.6) is 0 Å². The number of hydrogen-bond donors (Lipinski definition) is 1. The van der Waals surface area contributed by atoms with Crippen LogP contribution in [0.3, 0.4) is 0 Å². The van der Waals surface area contributed by atoms with Crippen molar-refractivity contribution in [3.63, 3.8) is 0 Å². The van der Waals surface area contributed by atoms with E-state index < -0.39 is 0 Å². The fourth-order valence-electron chi connectivity index (χ4n) is 2.85. The molecule has 0 radical (unpaired) electrons. The van der Waals surface area contributed by atoms with Crippen LogP contribution in [0.2, 0.25) is 0 Å². The van der Waals surface area contributed by atoms with Gasteiger partial charge >= 0.3 is 0 Å². The summed E-state index contributed by atoms with van der Waals surface area (Å²) >= 11 is 1.95. The lowest BCUT2D eigenvalue weighted by Gasteiger charge is -2.38.